The van der Waals surface area contributed by atoms with Crippen molar-refractivity contribution in [3.05, 3.63) is 30.1 Å². The van der Waals surface area contributed by atoms with Gasteiger partial charge in [-0.15, -0.1) is 0 Å². The Morgan fingerprint density at radius 2 is 2.31 bits per heavy atom. The van der Waals surface area contributed by atoms with E-state index in [0.717, 1.165) is 32.7 Å². The molecule has 1 saturated heterocycles. The monoisotopic (exact) mass is 366 g/mol. The van der Waals surface area contributed by atoms with E-state index in [4.69, 9.17) is 9.47 Å². The number of carbonyl (C=O) groups is 1. The van der Waals surface area contributed by atoms with Crippen LogP contribution in [0.25, 0.3) is 0 Å². The molecule has 1 aliphatic rings. The summed E-state index contributed by atoms with van der Waals surface area (Å²) in [5.41, 5.74) is 0.421. The SMILES string of the molecule is CN=C(NCCCOCC1CCOC1)NCC(=O)Nc1cccc(F)c1. The second-order valence-electron chi connectivity index (χ2n) is 6.07. The fourth-order valence-electron chi connectivity index (χ4n) is 2.50. The maximum Gasteiger partial charge on any atom is 0.243 e. The van der Waals surface area contributed by atoms with E-state index in [9.17, 15) is 9.18 Å². The Hall–Kier alpha value is -2.19. The van der Waals surface area contributed by atoms with Crippen LogP contribution in [0.3, 0.4) is 0 Å². The number of anilines is 1. The Labute approximate surface area is 153 Å². The first-order chi connectivity index (χ1) is 12.7. The normalized spacial score (nSPS) is 17.2. The molecule has 3 N–H and O–H groups in total. The second kappa shape index (κ2) is 11.4. The van der Waals surface area contributed by atoms with Crippen molar-refractivity contribution in [2.45, 2.75) is 12.8 Å². The Morgan fingerprint density at radius 3 is 3.04 bits per heavy atom. The molecule has 0 spiro atoms. The third kappa shape index (κ3) is 7.79. The molecule has 1 fully saturated rings. The first-order valence-electron chi connectivity index (χ1n) is 8.83. The molecule has 26 heavy (non-hydrogen) atoms. The van der Waals surface area contributed by atoms with Gasteiger partial charge in [0.15, 0.2) is 5.96 Å². The van der Waals surface area contributed by atoms with Gasteiger partial charge in [-0.1, -0.05) is 6.07 Å². The highest BCUT2D eigenvalue weighted by atomic mass is 19.1. The number of hydrogen-bond donors (Lipinski definition) is 3. The Bertz CT molecular complexity index is 592. The number of nitrogens with one attached hydrogen (secondary N) is 3. The average molecular weight is 366 g/mol. The van der Waals surface area contributed by atoms with Gasteiger partial charge < -0.3 is 25.4 Å². The van der Waals surface area contributed by atoms with Crippen LogP contribution in [-0.2, 0) is 14.3 Å². The summed E-state index contributed by atoms with van der Waals surface area (Å²) >= 11 is 0. The largest absolute Gasteiger partial charge is 0.381 e. The van der Waals surface area contributed by atoms with Gasteiger partial charge >= 0.3 is 0 Å². The molecule has 0 saturated carbocycles. The topological polar surface area (TPSA) is 84.0 Å². The van der Waals surface area contributed by atoms with Crippen LogP contribution < -0.4 is 16.0 Å². The molecule has 1 aromatic rings. The maximum absolute atomic E-state index is 13.1. The Morgan fingerprint density at radius 1 is 1.42 bits per heavy atom. The zero-order chi connectivity index (χ0) is 18.6. The minimum absolute atomic E-state index is 0.0361. The molecular formula is C18H27FN4O3. The summed E-state index contributed by atoms with van der Waals surface area (Å²) in [5, 5.41) is 8.65. The number of ether oxygens (including phenoxy) is 2. The second-order valence-corrected chi connectivity index (χ2v) is 6.07. The average Bonchev–Trinajstić information content (AvgIpc) is 3.14. The molecule has 2 rings (SSSR count). The lowest BCUT2D eigenvalue weighted by atomic mass is 10.1. The predicted octanol–water partition coefficient (Wildman–Crippen LogP) is 1.37. The van der Waals surface area contributed by atoms with Crippen LogP contribution in [0.2, 0.25) is 0 Å². The van der Waals surface area contributed by atoms with Gasteiger partial charge in [-0.25, -0.2) is 4.39 Å². The number of amides is 1. The zero-order valence-electron chi connectivity index (χ0n) is 15.1. The summed E-state index contributed by atoms with van der Waals surface area (Å²) < 4.78 is 24.0. The van der Waals surface area contributed by atoms with Crippen LogP contribution in [0.4, 0.5) is 10.1 Å². The summed E-state index contributed by atoms with van der Waals surface area (Å²) in [5.74, 6) is 0.383. The molecule has 1 heterocycles. The maximum atomic E-state index is 13.1. The molecule has 144 valence electrons. The van der Waals surface area contributed by atoms with Crippen LogP contribution in [-0.4, -0.2) is 58.4 Å². The lowest BCUT2D eigenvalue weighted by Gasteiger charge is -2.13. The van der Waals surface area contributed by atoms with Crippen molar-refractivity contribution >= 4 is 17.6 Å². The molecular weight excluding hydrogens is 339 g/mol. The van der Waals surface area contributed by atoms with E-state index in [-0.39, 0.29) is 12.5 Å². The van der Waals surface area contributed by atoms with E-state index in [1.807, 2.05) is 0 Å². The van der Waals surface area contributed by atoms with Gasteiger partial charge in [0.05, 0.1) is 19.8 Å². The molecule has 1 aromatic carbocycles. The quantitative estimate of drug-likeness (QED) is 0.349. The van der Waals surface area contributed by atoms with E-state index in [1.54, 1.807) is 19.2 Å². The van der Waals surface area contributed by atoms with Gasteiger partial charge in [-0.3, -0.25) is 9.79 Å². The fraction of sp³-hybridized carbons (Fsp3) is 0.556. The smallest absolute Gasteiger partial charge is 0.243 e. The highest BCUT2D eigenvalue weighted by Gasteiger charge is 2.15. The summed E-state index contributed by atoms with van der Waals surface area (Å²) in [6.07, 6.45) is 1.91. The highest BCUT2D eigenvalue weighted by molar-refractivity contribution is 5.94. The van der Waals surface area contributed by atoms with Crippen molar-refractivity contribution < 1.29 is 18.7 Å². The minimum atomic E-state index is -0.393. The van der Waals surface area contributed by atoms with Crippen molar-refractivity contribution in [2.24, 2.45) is 10.9 Å². The van der Waals surface area contributed by atoms with Crippen molar-refractivity contribution in [1.82, 2.24) is 10.6 Å². The van der Waals surface area contributed by atoms with E-state index < -0.39 is 5.82 Å². The number of halogens is 1. The van der Waals surface area contributed by atoms with Crippen LogP contribution in [0.5, 0.6) is 0 Å². The van der Waals surface area contributed by atoms with Crippen LogP contribution >= 0.6 is 0 Å². The minimum Gasteiger partial charge on any atom is -0.381 e. The van der Waals surface area contributed by atoms with Gasteiger partial charge in [0.25, 0.3) is 0 Å². The highest BCUT2D eigenvalue weighted by Crippen LogP contribution is 2.12. The summed E-state index contributed by atoms with van der Waals surface area (Å²) in [7, 11) is 1.64. The summed E-state index contributed by atoms with van der Waals surface area (Å²) in [6.45, 7) is 3.77. The first kappa shape index (κ1) is 20.1. The van der Waals surface area contributed by atoms with Gasteiger partial charge in [0.2, 0.25) is 5.91 Å². The van der Waals surface area contributed by atoms with E-state index in [0.29, 0.717) is 30.7 Å². The number of rotatable bonds is 9. The van der Waals surface area contributed by atoms with Crippen molar-refractivity contribution in [2.75, 3.05) is 51.9 Å². The van der Waals surface area contributed by atoms with Gasteiger partial charge in [0, 0.05) is 38.4 Å². The third-order valence-electron chi connectivity index (χ3n) is 3.88. The van der Waals surface area contributed by atoms with Gasteiger partial charge in [-0.05, 0) is 31.0 Å². The number of carbonyl (C=O) groups excluding carboxylic acids is 1. The third-order valence-corrected chi connectivity index (χ3v) is 3.88. The molecule has 0 aromatic heterocycles. The van der Waals surface area contributed by atoms with Crippen LogP contribution in [0.1, 0.15) is 12.8 Å². The Kier molecular flexibility index (Phi) is 8.85. The van der Waals surface area contributed by atoms with Gasteiger partial charge in [-0.2, -0.15) is 0 Å². The van der Waals surface area contributed by atoms with E-state index in [1.165, 1.54) is 12.1 Å². The molecule has 1 aliphatic heterocycles. The first-order valence-corrected chi connectivity index (χ1v) is 8.83. The van der Waals surface area contributed by atoms with Gasteiger partial charge in [0.1, 0.15) is 5.82 Å². The standard InChI is InChI=1S/C18H27FN4O3/c1-20-18(21-7-3-8-25-12-14-6-9-26-13-14)22-11-17(24)23-16-5-2-4-15(19)10-16/h2,4-5,10,14H,3,6-9,11-13H2,1H3,(H,23,24)(H2,20,21,22). The predicted molar refractivity (Wildman–Crippen MR) is 98.8 cm³/mol. The van der Waals surface area contributed by atoms with Crippen molar-refractivity contribution in [1.29, 1.82) is 0 Å². The lowest BCUT2D eigenvalue weighted by Crippen LogP contribution is -2.41. The number of nitrogens with zero attached hydrogens (tertiary/aromatic N) is 1. The number of benzene rings is 1. The summed E-state index contributed by atoms with van der Waals surface area (Å²) in [4.78, 5) is 15.9. The lowest BCUT2D eigenvalue weighted by molar-refractivity contribution is -0.115. The number of aliphatic imine (C=N–C) groups is 1. The van der Waals surface area contributed by atoms with Crippen molar-refractivity contribution in [3.8, 4) is 0 Å². The van der Waals surface area contributed by atoms with Crippen LogP contribution in [0, 0.1) is 11.7 Å². The van der Waals surface area contributed by atoms with E-state index >= 15 is 0 Å². The van der Waals surface area contributed by atoms with Crippen LogP contribution in [0.15, 0.2) is 29.3 Å². The van der Waals surface area contributed by atoms with E-state index in [2.05, 4.69) is 20.9 Å². The number of hydrogen-bond acceptors (Lipinski definition) is 4. The number of guanidine groups is 1. The molecule has 1 atom stereocenters. The molecule has 0 aliphatic carbocycles. The molecule has 7 nitrogen and oxygen atoms in total. The zero-order valence-corrected chi connectivity index (χ0v) is 15.1. The molecule has 0 radical (unpaired) electrons. The molecule has 8 heteroatoms. The molecule has 1 unspecified atom stereocenters. The summed E-state index contributed by atoms with van der Waals surface area (Å²) in [6, 6.07) is 5.76. The Balaban J connectivity index is 1.54. The van der Waals surface area contributed by atoms with Crippen molar-refractivity contribution in [3.63, 3.8) is 0 Å². The molecule has 0 bridgehead atoms. The molecule has 1 amide bonds. The fourth-order valence-corrected chi connectivity index (χ4v) is 2.50.